The Morgan fingerprint density at radius 2 is 1.89 bits per heavy atom. The third kappa shape index (κ3) is 1.90. The molecule has 0 spiro atoms. The van der Waals surface area contributed by atoms with Crippen LogP contribution in [0.3, 0.4) is 0 Å². The van der Waals surface area contributed by atoms with E-state index in [1.54, 1.807) is 24.3 Å². The fourth-order valence-corrected chi connectivity index (χ4v) is 2.07. The molecule has 3 atom stereocenters. The summed E-state index contributed by atoms with van der Waals surface area (Å²) in [7, 11) is 0. The summed E-state index contributed by atoms with van der Waals surface area (Å²) in [6, 6.07) is 9.03. The lowest BCUT2D eigenvalue weighted by molar-refractivity contribution is -0.166. The lowest BCUT2D eigenvalue weighted by Crippen LogP contribution is -2.43. The molecule has 0 aromatic heterocycles. The topological polar surface area (TPSA) is 38.8 Å². The van der Waals surface area contributed by atoms with E-state index in [0.717, 1.165) is 11.6 Å². The van der Waals surface area contributed by atoms with Crippen LogP contribution in [0.4, 0.5) is 8.78 Å². The summed E-state index contributed by atoms with van der Waals surface area (Å²) in [5.74, 6) is -3.93. The fraction of sp³-hybridized carbons (Fsp3) is 0.308. The molecule has 0 aliphatic carbocycles. The Kier molecular flexibility index (Phi) is 2.45. The molecule has 0 amide bonds. The van der Waals surface area contributed by atoms with Crippen molar-refractivity contribution in [2.24, 2.45) is 0 Å². The smallest absolute Gasteiger partial charge is 0.331 e. The number of epoxide rings is 1. The zero-order chi connectivity index (χ0) is 12.8. The van der Waals surface area contributed by atoms with E-state index in [1.807, 2.05) is 6.07 Å². The normalized spacial score (nSPS) is 33.0. The van der Waals surface area contributed by atoms with E-state index in [2.05, 4.69) is 4.74 Å². The van der Waals surface area contributed by atoms with Gasteiger partial charge in [-0.25, -0.2) is 4.79 Å². The molecule has 18 heavy (non-hydrogen) atoms. The summed E-state index contributed by atoms with van der Waals surface area (Å²) >= 11 is 0. The van der Waals surface area contributed by atoms with Crippen molar-refractivity contribution in [2.45, 2.75) is 24.2 Å². The molecule has 0 saturated carbocycles. The SMILES string of the molecule is O=C1C=CC(F)(F)[C@H](C2O[C@H]2c2ccccc2)O1. The molecular formula is C13H10F2O3. The summed E-state index contributed by atoms with van der Waals surface area (Å²) in [6.07, 6.45) is -1.43. The number of ether oxygens (including phenoxy) is 2. The molecule has 0 radical (unpaired) electrons. The highest BCUT2D eigenvalue weighted by molar-refractivity contribution is 5.83. The Balaban J connectivity index is 1.78. The highest BCUT2D eigenvalue weighted by Gasteiger charge is 2.58. The average Bonchev–Trinajstić information content (AvgIpc) is 3.13. The van der Waals surface area contributed by atoms with E-state index in [1.165, 1.54) is 0 Å². The molecule has 3 nitrogen and oxygen atoms in total. The van der Waals surface area contributed by atoms with E-state index in [9.17, 15) is 13.6 Å². The van der Waals surface area contributed by atoms with Crippen molar-refractivity contribution >= 4 is 5.97 Å². The van der Waals surface area contributed by atoms with Crippen molar-refractivity contribution in [3.05, 3.63) is 48.0 Å². The molecule has 2 aliphatic heterocycles. The van der Waals surface area contributed by atoms with Gasteiger partial charge in [0.2, 0.25) is 0 Å². The van der Waals surface area contributed by atoms with Crippen molar-refractivity contribution in [1.82, 2.24) is 0 Å². The van der Waals surface area contributed by atoms with E-state index in [-0.39, 0.29) is 0 Å². The zero-order valence-electron chi connectivity index (χ0n) is 9.25. The van der Waals surface area contributed by atoms with Crippen LogP contribution in [0.1, 0.15) is 11.7 Å². The molecule has 3 rings (SSSR count). The lowest BCUT2D eigenvalue weighted by atomic mass is 10.0. The Morgan fingerprint density at radius 1 is 1.17 bits per heavy atom. The van der Waals surface area contributed by atoms with Gasteiger partial charge in [0, 0.05) is 6.08 Å². The first-order valence-corrected chi connectivity index (χ1v) is 5.56. The third-order valence-corrected chi connectivity index (χ3v) is 3.02. The Bertz CT molecular complexity index is 498. The first-order valence-electron chi connectivity index (χ1n) is 5.56. The summed E-state index contributed by atoms with van der Waals surface area (Å²) in [5.41, 5.74) is 0.809. The largest absolute Gasteiger partial charge is 0.449 e. The molecule has 2 aliphatic rings. The average molecular weight is 252 g/mol. The summed E-state index contributed by atoms with van der Waals surface area (Å²) in [5, 5.41) is 0. The predicted molar refractivity (Wildman–Crippen MR) is 58.0 cm³/mol. The Hall–Kier alpha value is -1.75. The number of cyclic esters (lactones) is 1. The van der Waals surface area contributed by atoms with Gasteiger partial charge in [0.05, 0.1) is 0 Å². The van der Waals surface area contributed by atoms with Gasteiger partial charge in [-0.05, 0) is 11.6 Å². The fourth-order valence-electron chi connectivity index (χ4n) is 2.07. The Morgan fingerprint density at radius 3 is 2.61 bits per heavy atom. The first kappa shape index (κ1) is 11.3. The minimum Gasteiger partial charge on any atom is -0.449 e. The van der Waals surface area contributed by atoms with Gasteiger partial charge in [-0.15, -0.1) is 0 Å². The van der Waals surface area contributed by atoms with E-state index >= 15 is 0 Å². The zero-order valence-corrected chi connectivity index (χ0v) is 9.25. The third-order valence-electron chi connectivity index (χ3n) is 3.02. The number of halogens is 2. The van der Waals surface area contributed by atoms with Crippen molar-refractivity contribution in [1.29, 1.82) is 0 Å². The second kappa shape index (κ2) is 3.88. The second-order valence-electron chi connectivity index (χ2n) is 4.30. The highest BCUT2D eigenvalue weighted by atomic mass is 19.3. The van der Waals surface area contributed by atoms with E-state index in [4.69, 9.17) is 4.74 Å². The van der Waals surface area contributed by atoms with Gasteiger partial charge in [-0.1, -0.05) is 30.3 Å². The van der Waals surface area contributed by atoms with Crippen LogP contribution >= 0.6 is 0 Å². The maximum absolute atomic E-state index is 13.6. The molecule has 0 bridgehead atoms. The van der Waals surface area contributed by atoms with Crippen molar-refractivity contribution in [2.75, 3.05) is 0 Å². The van der Waals surface area contributed by atoms with E-state index in [0.29, 0.717) is 6.08 Å². The van der Waals surface area contributed by atoms with Crippen molar-refractivity contribution in [3.63, 3.8) is 0 Å². The highest BCUT2D eigenvalue weighted by Crippen LogP contribution is 2.46. The van der Waals surface area contributed by atoms with Crippen LogP contribution in [0, 0.1) is 0 Å². The lowest BCUT2D eigenvalue weighted by Gasteiger charge is -2.25. The number of esters is 1. The number of rotatable bonds is 2. The Labute approximate surface area is 102 Å². The van der Waals surface area contributed by atoms with Gasteiger partial charge >= 0.3 is 11.9 Å². The maximum Gasteiger partial charge on any atom is 0.331 e. The van der Waals surface area contributed by atoms with Crippen LogP contribution in [0.15, 0.2) is 42.5 Å². The molecule has 1 aromatic rings. The number of carbonyl (C=O) groups is 1. The van der Waals surface area contributed by atoms with Gasteiger partial charge in [0.25, 0.3) is 0 Å². The van der Waals surface area contributed by atoms with Crippen LogP contribution in [0.25, 0.3) is 0 Å². The monoisotopic (exact) mass is 252 g/mol. The number of benzene rings is 1. The molecule has 0 N–H and O–H groups in total. The summed E-state index contributed by atoms with van der Waals surface area (Å²) < 4.78 is 37.1. The first-order chi connectivity index (χ1) is 8.58. The molecular weight excluding hydrogens is 242 g/mol. The molecule has 94 valence electrons. The number of alkyl halides is 2. The minimum absolute atomic E-state index is 0.429. The number of hydrogen-bond acceptors (Lipinski definition) is 3. The van der Waals surface area contributed by atoms with Gasteiger partial charge in [0.15, 0.2) is 6.10 Å². The van der Waals surface area contributed by atoms with Crippen LogP contribution in [-0.2, 0) is 14.3 Å². The van der Waals surface area contributed by atoms with Crippen LogP contribution < -0.4 is 0 Å². The van der Waals surface area contributed by atoms with Crippen molar-refractivity contribution < 1.29 is 23.0 Å². The van der Waals surface area contributed by atoms with Crippen LogP contribution in [-0.4, -0.2) is 24.1 Å². The number of hydrogen-bond donors (Lipinski definition) is 0. The van der Waals surface area contributed by atoms with Gasteiger partial charge in [0.1, 0.15) is 12.2 Å². The molecule has 1 unspecified atom stereocenters. The van der Waals surface area contributed by atoms with Crippen molar-refractivity contribution in [3.8, 4) is 0 Å². The summed E-state index contributed by atoms with van der Waals surface area (Å²) in [6.45, 7) is 0. The molecule has 1 fully saturated rings. The summed E-state index contributed by atoms with van der Waals surface area (Å²) in [4.78, 5) is 11.0. The molecule has 5 heteroatoms. The second-order valence-corrected chi connectivity index (χ2v) is 4.30. The van der Waals surface area contributed by atoms with E-state index < -0.39 is 30.2 Å². The predicted octanol–water partition coefficient (Wildman–Crippen LogP) is 2.24. The molecule has 1 aromatic carbocycles. The number of carbonyl (C=O) groups excluding carboxylic acids is 1. The minimum atomic E-state index is -3.18. The van der Waals surface area contributed by atoms with Gasteiger partial charge < -0.3 is 9.47 Å². The van der Waals surface area contributed by atoms with Gasteiger partial charge in [-0.2, -0.15) is 8.78 Å². The van der Waals surface area contributed by atoms with Gasteiger partial charge in [-0.3, -0.25) is 0 Å². The quantitative estimate of drug-likeness (QED) is 0.598. The molecule has 1 saturated heterocycles. The molecule has 2 heterocycles. The standard InChI is InChI=1S/C13H10F2O3/c14-13(15)7-6-9(16)17-12(13)11-10(18-11)8-4-2-1-3-5-8/h1-7,10-12H/t10-,11?,12-/m0/s1. The maximum atomic E-state index is 13.6. The van der Waals surface area contributed by atoms with Crippen LogP contribution in [0.2, 0.25) is 0 Å². The van der Waals surface area contributed by atoms with Crippen LogP contribution in [0.5, 0.6) is 0 Å².